The Labute approximate surface area is 151 Å². The van der Waals surface area contributed by atoms with Gasteiger partial charge >= 0.3 is 0 Å². The molecule has 3 rings (SSSR count). The third kappa shape index (κ3) is 5.31. The van der Waals surface area contributed by atoms with E-state index in [0.717, 1.165) is 37.7 Å². The summed E-state index contributed by atoms with van der Waals surface area (Å²) >= 11 is 0. The molecule has 1 aliphatic heterocycles. The fraction of sp³-hybridized carbons (Fsp3) is 0.550. The van der Waals surface area contributed by atoms with Crippen LogP contribution in [-0.2, 0) is 13.0 Å². The molecule has 1 aliphatic rings. The number of aromatic nitrogens is 2. The summed E-state index contributed by atoms with van der Waals surface area (Å²) in [6.07, 6.45) is 5.51. The van der Waals surface area contributed by atoms with Crippen LogP contribution in [0.2, 0.25) is 0 Å². The molecule has 5 heteroatoms. The molecule has 1 aromatic carbocycles. The molecule has 0 bridgehead atoms. The molecule has 1 N–H and O–H groups in total. The summed E-state index contributed by atoms with van der Waals surface area (Å²) in [6, 6.07) is 10.4. The third-order valence-corrected chi connectivity index (χ3v) is 5.06. The van der Waals surface area contributed by atoms with Gasteiger partial charge in [-0.25, -0.2) is 0 Å². The summed E-state index contributed by atoms with van der Waals surface area (Å²) in [5, 5.41) is 7.08. The van der Waals surface area contributed by atoms with Gasteiger partial charge in [-0.05, 0) is 56.5 Å². The average molecular weight is 342 g/mol. The lowest BCUT2D eigenvalue weighted by Gasteiger charge is -2.34. The molecule has 25 heavy (non-hydrogen) atoms. The standard InChI is InChI=1S/C20H30N4O/c1-23(16-19-9-11-21-22-19)14-17-6-5-12-24(15-17)13-10-18-7-3-4-8-20(18)25-2/h3-4,7-9,11,17H,5-6,10,12-16H2,1-2H3,(H,21,22)/t17-/m1/s1. The Morgan fingerprint density at radius 2 is 2.20 bits per heavy atom. The lowest BCUT2D eigenvalue weighted by atomic mass is 9.97. The molecule has 0 aliphatic carbocycles. The van der Waals surface area contributed by atoms with Crippen molar-refractivity contribution < 1.29 is 4.74 Å². The maximum Gasteiger partial charge on any atom is 0.122 e. The Kier molecular flexibility index (Phi) is 6.48. The minimum atomic E-state index is 0.749. The highest BCUT2D eigenvalue weighted by Gasteiger charge is 2.21. The van der Waals surface area contributed by atoms with E-state index < -0.39 is 0 Å². The predicted octanol–water partition coefficient (Wildman–Crippen LogP) is 2.80. The van der Waals surface area contributed by atoms with Crippen molar-refractivity contribution in [3.8, 4) is 5.75 Å². The summed E-state index contributed by atoms with van der Waals surface area (Å²) in [6.45, 7) is 5.61. The van der Waals surface area contributed by atoms with Gasteiger partial charge in [-0.3, -0.25) is 5.10 Å². The summed E-state index contributed by atoms with van der Waals surface area (Å²) in [5.74, 6) is 1.76. The summed E-state index contributed by atoms with van der Waals surface area (Å²) in [7, 11) is 3.96. The Morgan fingerprint density at radius 1 is 1.32 bits per heavy atom. The molecule has 1 aromatic heterocycles. The van der Waals surface area contributed by atoms with Crippen molar-refractivity contribution in [3.63, 3.8) is 0 Å². The Bertz CT molecular complexity index is 628. The smallest absolute Gasteiger partial charge is 0.122 e. The summed E-state index contributed by atoms with van der Waals surface area (Å²) < 4.78 is 5.48. The maximum absolute atomic E-state index is 5.48. The van der Waals surface area contributed by atoms with E-state index in [1.807, 2.05) is 12.3 Å². The molecule has 0 radical (unpaired) electrons. The average Bonchev–Trinajstić information content (AvgIpc) is 3.13. The van der Waals surface area contributed by atoms with E-state index in [2.05, 4.69) is 51.3 Å². The number of hydrogen-bond donors (Lipinski definition) is 1. The predicted molar refractivity (Wildman–Crippen MR) is 101 cm³/mol. The lowest BCUT2D eigenvalue weighted by molar-refractivity contribution is 0.141. The van der Waals surface area contributed by atoms with Crippen LogP contribution in [0.3, 0.4) is 0 Å². The molecule has 0 unspecified atom stereocenters. The monoisotopic (exact) mass is 342 g/mol. The van der Waals surface area contributed by atoms with Crippen LogP contribution >= 0.6 is 0 Å². The van der Waals surface area contributed by atoms with Crippen LogP contribution in [-0.4, -0.2) is 60.3 Å². The molecular weight excluding hydrogens is 312 g/mol. The van der Waals surface area contributed by atoms with E-state index in [1.165, 1.54) is 37.2 Å². The van der Waals surface area contributed by atoms with Gasteiger partial charge in [-0.2, -0.15) is 5.10 Å². The number of piperidine rings is 1. The van der Waals surface area contributed by atoms with Crippen molar-refractivity contribution in [2.45, 2.75) is 25.8 Å². The quantitative estimate of drug-likeness (QED) is 0.801. The molecule has 0 amide bonds. The first-order valence-corrected chi connectivity index (χ1v) is 9.25. The number of ether oxygens (including phenoxy) is 1. The van der Waals surface area contributed by atoms with Crippen LogP contribution in [0.4, 0.5) is 0 Å². The lowest BCUT2D eigenvalue weighted by Crippen LogP contribution is -2.40. The first-order chi connectivity index (χ1) is 12.2. The van der Waals surface area contributed by atoms with Gasteiger partial charge in [-0.1, -0.05) is 18.2 Å². The largest absolute Gasteiger partial charge is 0.496 e. The fourth-order valence-corrected chi connectivity index (χ4v) is 3.86. The number of H-pyrrole nitrogens is 1. The van der Waals surface area contributed by atoms with E-state index in [1.54, 1.807) is 7.11 Å². The first kappa shape index (κ1) is 18.0. The second-order valence-corrected chi connectivity index (χ2v) is 7.15. The zero-order chi connectivity index (χ0) is 17.5. The molecule has 0 spiro atoms. The Morgan fingerprint density at radius 3 is 3.00 bits per heavy atom. The van der Waals surface area contributed by atoms with E-state index in [4.69, 9.17) is 4.74 Å². The number of methoxy groups -OCH3 is 1. The van der Waals surface area contributed by atoms with E-state index in [0.29, 0.717) is 0 Å². The zero-order valence-electron chi connectivity index (χ0n) is 15.4. The minimum Gasteiger partial charge on any atom is -0.496 e. The topological polar surface area (TPSA) is 44.4 Å². The highest BCUT2D eigenvalue weighted by Crippen LogP contribution is 2.21. The number of nitrogens with one attached hydrogen (secondary N) is 1. The molecule has 136 valence electrons. The second-order valence-electron chi connectivity index (χ2n) is 7.15. The van der Waals surface area contributed by atoms with Gasteiger partial charge in [-0.15, -0.1) is 0 Å². The van der Waals surface area contributed by atoms with Gasteiger partial charge in [0.1, 0.15) is 5.75 Å². The van der Waals surface area contributed by atoms with Gasteiger partial charge in [0.2, 0.25) is 0 Å². The second kappa shape index (κ2) is 9.02. The third-order valence-electron chi connectivity index (χ3n) is 5.06. The molecule has 1 fully saturated rings. The summed E-state index contributed by atoms with van der Waals surface area (Å²) in [5.41, 5.74) is 2.50. The number of para-hydroxylation sites is 1. The van der Waals surface area contributed by atoms with Gasteiger partial charge in [0.05, 0.1) is 7.11 Å². The first-order valence-electron chi connectivity index (χ1n) is 9.25. The van der Waals surface area contributed by atoms with Crippen LogP contribution in [0.25, 0.3) is 0 Å². The number of aromatic amines is 1. The van der Waals surface area contributed by atoms with Crippen molar-refractivity contribution >= 4 is 0 Å². The number of rotatable bonds is 8. The van der Waals surface area contributed by atoms with E-state index in [-0.39, 0.29) is 0 Å². The number of likely N-dealkylation sites (tertiary alicyclic amines) is 1. The number of benzene rings is 1. The van der Waals surface area contributed by atoms with Gasteiger partial charge < -0.3 is 14.5 Å². The highest BCUT2D eigenvalue weighted by molar-refractivity contribution is 5.33. The number of nitrogens with zero attached hydrogens (tertiary/aromatic N) is 3. The summed E-state index contributed by atoms with van der Waals surface area (Å²) in [4.78, 5) is 5.02. The fourth-order valence-electron chi connectivity index (χ4n) is 3.86. The van der Waals surface area contributed by atoms with E-state index in [9.17, 15) is 0 Å². The van der Waals surface area contributed by atoms with E-state index >= 15 is 0 Å². The van der Waals surface area contributed by atoms with Gasteiger partial charge in [0, 0.05) is 38.1 Å². The molecule has 1 saturated heterocycles. The van der Waals surface area contributed by atoms with Crippen molar-refractivity contribution in [2.24, 2.45) is 5.92 Å². The molecule has 1 atom stereocenters. The minimum absolute atomic E-state index is 0.749. The molecule has 2 heterocycles. The molecular formula is C20H30N4O. The van der Waals surface area contributed by atoms with Crippen LogP contribution in [0.1, 0.15) is 24.1 Å². The Balaban J connectivity index is 1.46. The van der Waals surface area contributed by atoms with Gasteiger partial charge in [0.25, 0.3) is 0 Å². The molecule has 5 nitrogen and oxygen atoms in total. The zero-order valence-corrected chi connectivity index (χ0v) is 15.4. The van der Waals surface area contributed by atoms with Gasteiger partial charge in [0.15, 0.2) is 0 Å². The SMILES string of the molecule is COc1ccccc1CCN1CCC[C@H](CN(C)Cc2ccn[nH]2)C1. The van der Waals surface area contributed by atoms with Crippen molar-refractivity contribution in [1.29, 1.82) is 0 Å². The maximum atomic E-state index is 5.48. The van der Waals surface area contributed by atoms with Crippen LogP contribution in [0.5, 0.6) is 5.75 Å². The van der Waals surface area contributed by atoms with Crippen molar-refractivity contribution in [3.05, 3.63) is 47.8 Å². The van der Waals surface area contributed by atoms with Crippen LogP contribution in [0.15, 0.2) is 36.5 Å². The Hall–Kier alpha value is -1.85. The number of hydrogen-bond acceptors (Lipinski definition) is 4. The highest BCUT2D eigenvalue weighted by atomic mass is 16.5. The molecule has 2 aromatic rings. The normalized spacial score (nSPS) is 18.6. The van der Waals surface area contributed by atoms with Crippen molar-refractivity contribution in [1.82, 2.24) is 20.0 Å². The van der Waals surface area contributed by atoms with Crippen molar-refractivity contribution in [2.75, 3.05) is 40.3 Å². The van der Waals surface area contributed by atoms with Crippen LogP contribution in [0, 0.1) is 5.92 Å². The molecule has 0 saturated carbocycles. The van der Waals surface area contributed by atoms with Crippen LogP contribution < -0.4 is 4.74 Å².